The Morgan fingerprint density at radius 2 is 1.76 bits per heavy atom. The van der Waals surface area contributed by atoms with Gasteiger partial charge in [0.15, 0.2) is 11.5 Å². The number of rotatable bonds is 5. The lowest BCUT2D eigenvalue weighted by atomic mass is 10.2. The van der Waals surface area contributed by atoms with Gasteiger partial charge in [0.25, 0.3) is 0 Å². The summed E-state index contributed by atoms with van der Waals surface area (Å²) in [6.45, 7) is 0.625. The lowest BCUT2D eigenvalue weighted by molar-refractivity contribution is 0.354. The Balaban J connectivity index is 2.22. The highest BCUT2D eigenvalue weighted by atomic mass is 79.9. The van der Waals surface area contributed by atoms with E-state index in [2.05, 4.69) is 37.2 Å². The Kier molecular flexibility index (Phi) is 5.79. The SMILES string of the molecule is COc1cc(Br)c(CNc2cccc(Cl)c2Br)cc1OC. The van der Waals surface area contributed by atoms with Crippen molar-refractivity contribution in [2.45, 2.75) is 6.54 Å². The lowest BCUT2D eigenvalue weighted by Gasteiger charge is -2.14. The molecule has 0 saturated heterocycles. The quantitative estimate of drug-likeness (QED) is 0.673. The predicted octanol–water partition coefficient (Wildman–Crippen LogP) is 5.49. The van der Waals surface area contributed by atoms with Gasteiger partial charge in [-0.25, -0.2) is 0 Å². The second-order valence-corrected chi connectivity index (χ2v) is 6.31. The van der Waals surface area contributed by atoms with Crippen LogP contribution in [0.15, 0.2) is 39.3 Å². The van der Waals surface area contributed by atoms with Gasteiger partial charge in [0.2, 0.25) is 0 Å². The van der Waals surface area contributed by atoms with E-state index in [9.17, 15) is 0 Å². The van der Waals surface area contributed by atoms with Gasteiger partial charge in [-0.15, -0.1) is 0 Å². The van der Waals surface area contributed by atoms with Crippen molar-refractivity contribution >= 4 is 49.1 Å². The van der Waals surface area contributed by atoms with E-state index in [0.29, 0.717) is 23.1 Å². The smallest absolute Gasteiger partial charge is 0.161 e. The average molecular weight is 436 g/mol. The highest BCUT2D eigenvalue weighted by Crippen LogP contribution is 2.35. The maximum atomic E-state index is 6.08. The van der Waals surface area contributed by atoms with Crippen LogP contribution in [0.2, 0.25) is 5.02 Å². The van der Waals surface area contributed by atoms with Crippen molar-refractivity contribution in [1.29, 1.82) is 0 Å². The van der Waals surface area contributed by atoms with Crippen LogP contribution >= 0.6 is 43.5 Å². The molecule has 0 aliphatic rings. The van der Waals surface area contributed by atoms with Crippen LogP contribution in [0.5, 0.6) is 11.5 Å². The molecule has 0 atom stereocenters. The van der Waals surface area contributed by atoms with E-state index in [1.807, 2.05) is 30.3 Å². The first kappa shape index (κ1) is 16.5. The molecule has 0 radical (unpaired) electrons. The van der Waals surface area contributed by atoms with Crippen LogP contribution in [-0.4, -0.2) is 14.2 Å². The Hall–Kier alpha value is -0.910. The highest BCUT2D eigenvalue weighted by Gasteiger charge is 2.10. The van der Waals surface area contributed by atoms with E-state index in [0.717, 1.165) is 20.2 Å². The van der Waals surface area contributed by atoms with Gasteiger partial charge in [-0.1, -0.05) is 33.6 Å². The van der Waals surface area contributed by atoms with Crippen LogP contribution in [0.1, 0.15) is 5.56 Å². The summed E-state index contributed by atoms with van der Waals surface area (Å²) in [6, 6.07) is 9.53. The molecule has 0 heterocycles. The summed E-state index contributed by atoms with van der Waals surface area (Å²) < 4.78 is 12.4. The summed E-state index contributed by atoms with van der Waals surface area (Å²) in [4.78, 5) is 0. The highest BCUT2D eigenvalue weighted by molar-refractivity contribution is 9.11. The largest absolute Gasteiger partial charge is 0.493 e. The maximum Gasteiger partial charge on any atom is 0.161 e. The molecule has 0 unspecified atom stereocenters. The monoisotopic (exact) mass is 433 g/mol. The van der Waals surface area contributed by atoms with Crippen molar-refractivity contribution in [2.24, 2.45) is 0 Å². The first-order valence-electron chi connectivity index (χ1n) is 6.15. The molecular formula is C15H14Br2ClNO2. The molecular weight excluding hydrogens is 421 g/mol. The topological polar surface area (TPSA) is 30.5 Å². The zero-order valence-electron chi connectivity index (χ0n) is 11.5. The zero-order chi connectivity index (χ0) is 15.4. The first-order valence-corrected chi connectivity index (χ1v) is 8.11. The lowest BCUT2D eigenvalue weighted by Crippen LogP contribution is -2.02. The van der Waals surface area contributed by atoms with Gasteiger partial charge < -0.3 is 14.8 Å². The predicted molar refractivity (Wildman–Crippen MR) is 93.7 cm³/mol. The Bertz CT molecular complexity index is 650. The minimum absolute atomic E-state index is 0.625. The Morgan fingerprint density at radius 3 is 2.43 bits per heavy atom. The van der Waals surface area contributed by atoms with Crippen molar-refractivity contribution in [3.63, 3.8) is 0 Å². The molecule has 0 amide bonds. The van der Waals surface area contributed by atoms with Crippen LogP contribution < -0.4 is 14.8 Å². The van der Waals surface area contributed by atoms with Crippen LogP contribution in [0.4, 0.5) is 5.69 Å². The van der Waals surface area contributed by atoms with E-state index < -0.39 is 0 Å². The molecule has 21 heavy (non-hydrogen) atoms. The van der Waals surface area contributed by atoms with Gasteiger partial charge in [-0.3, -0.25) is 0 Å². The molecule has 112 valence electrons. The summed E-state index contributed by atoms with van der Waals surface area (Å²) in [5.41, 5.74) is 1.99. The average Bonchev–Trinajstić information content (AvgIpc) is 2.49. The molecule has 6 heteroatoms. The Labute approximate surface area is 145 Å². The fourth-order valence-electron chi connectivity index (χ4n) is 1.86. The van der Waals surface area contributed by atoms with E-state index >= 15 is 0 Å². The molecule has 1 N–H and O–H groups in total. The van der Waals surface area contributed by atoms with E-state index in [-0.39, 0.29) is 0 Å². The van der Waals surface area contributed by atoms with Gasteiger partial charge >= 0.3 is 0 Å². The maximum absolute atomic E-state index is 6.08. The molecule has 0 saturated carbocycles. The van der Waals surface area contributed by atoms with Gasteiger partial charge in [0, 0.05) is 11.0 Å². The number of methoxy groups -OCH3 is 2. The first-order chi connectivity index (χ1) is 10.1. The molecule has 2 rings (SSSR count). The molecule has 0 spiro atoms. The third-order valence-corrected chi connectivity index (χ3v) is 5.11. The van der Waals surface area contributed by atoms with Crippen molar-refractivity contribution in [2.75, 3.05) is 19.5 Å². The third-order valence-electron chi connectivity index (χ3n) is 2.97. The number of hydrogen-bond donors (Lipinski definition) is 1. The van der Waals surface area contributed by atoms with Crippen molar-refractivity contribution in [1.82, 2.24) is 0 Å². The molecule has 2 aromatic rings. The second kappa shape index (κ2) is 7.38. The van der Waals surface area contributed by atoms with E-state index in [1.54, 1.807) is 14.2 Å². The number of halogens is 3. The van der Waals surface area contributed by atoms with Crippen LogP contribution in [0.3, 0.4) is 0 Å². The summed E-state index contributed by atoms with van der Waals surface area (Å²) in [6.07, 6.45) is 0. The minimum atomic E-state index is 0.625. The molecule has 0 aromatic heterocycles. The van der Waals surface area contributed by atoms with Crippen LogP contribution in [0.25, 0.3) is 0 Å². The second-order valence-electron chi connectivity index (χ2n) is 4.25. The fourth-order valence-corrected chi connectivity index (χ4v) is 2.90. The third kappa shape index (κ3) is 3.84. The van der Waals surface area contributed by atoms with Gasteiger partial charge in [0.1, 0.15) is 0 Å². The summed E-state index contributed by atoms with van der Waals surface area (Å²) in [5.74, 6) is 1.39. The van der Waals surface area contributed by atoms with Gasteiger partial charge in [0.05, 0.1) is 29.4 Å². The summed E-state index contributed by atoms with van der Waals surface area (Å²) >= 11 is 13.1. The Morgan fingerprint density at radius 1 is 1.10 bits per heavy atom. The molecule has 0 aliphatic carbocycles. The molecule has 2 aromatic carbocycles. The van der Waals surface area contributed by atoms with Crippen LogP contribution in [-0.2, 0) is 6.54 Å². The van der Waals surface area contributed by atoms with E-state index in [1.165, 1.54) is 0 Å². The number of anilines is 1. The standard InChI is InChI=1S/C15H14Br2ClNO2/c1-20-13-6-9(10(16)7-14(13)21-2)8-19-12-5-3-4-11(18)15(12)17/h3-7,19H,8H2,1-2H3. The number of hydrogen-bond acceptors (Lipinski definition) is 3. The molecule has 0 fully saturated rings. The fraction of sp³-hybridized carbons (Fsp3) is 0.200. The summed E-state index contributed by atoms with van der Waals surface area (Å²) in [7, 11) is 3.24. The van der Waals surface area contributed by atoms with Crippen molar-refractivity contribution in [3.8, 4) is 11.5 Å². The molecule has 3 nitrogen and oxygen atoms in total. The normalized spacial score (nSPS) is 10.3. The zero-order valence-corrected chi connectivity index (χ0v) is 15.5. The van der Waals surface area contributed by atoms with Crippen molar-refractivity contribution in [3.05, 3.63) is 49.9 Å². The number of benzene rings is 2. The van der Waals surface area contributed by atoms with Crippen LogP contribution in [0, 0.1) is 0 Å². The minimum Gasteiger partial charge on any atom is -0.493 e. The summed E-state index contributed by atoms with van der Waals surface area (Å²) in [5, 5.41) is 4.01. The van der Waals surface area contributed by atoms with Gasteiger partial charge in [-0.05, 0) is 45.8 Å². The number of ether oxygens (including phenoxy) is 2. The number of nitrogens with one attached hydrogen (secondary N) is 1. The molecule has 0 bridgehead atoms. The van der Waals surface area contributed by atoms with E-state index in [4.69, 9.17) is 21.1 Å². The van der Waals surface area contributed by atoms with Crippen molar-refractivity contribution < 1.29 is 9.47 Å². The molecule has 0 aliphatic heterocycles. The van der Waals surface area contributed by atoms with Gasteiger partial charge in [-0.2, -0.15) is 0 Å².